The molecule has 0 radical (unpaired) electrons. The highest BCUT2D eigenvalue weighted by atomic mass is 32.1. The van der Waals surface area contributed by atoms with E-state index in [1.165, 1.54) is 11.3 Å². The molecular weight excluding hydrogens is 202 g/mol. The second kappa shape index (κ2) is 3.59. The number of carboxylic acids is 1. The Hall–Kier alpha value is -1.69. The summed E-state index contributed by atoms with van der Waals surface area (Å²) in [6, 6.07) is 3.78. The summed E-state index contributed by atoms with van der Waals surface area (Å²) in [5, 5.41) is 17.0. The van der Waals surface area contributed by atoms with E-state index in [1.54, 1.807) is 0 Å². The van der Waals surface area contributed by atoms with Crippen molar-refractivity contribution in [3.8, 4) is 10.7 Å². The molecule has 0 atom stereocenters. The second-order valence-electron chi connectivity index (χ2n) is 2.65. The Bertz CT molecular complexity index is 435. The van der Waals surface area contributed by atoms with E-state index in [0.29, 0.717) is 11.6 Å². The molecular formula is C8H7N3O2S. The van der Waals surface area contributed by atoms with Crippen LogP contribution in [0.4, 0.5) is 0 Å². The van der Waals surface area contributed by atoms with Gasteiger partial charge in [0.25, 0.3) is 0 Å². The maximum Gasteiger partial charge on any atom is 0.311 e. The predicted molar refractivity (Wildman–Crippen MR) is 51.0 cm³/mol. The summed E-state index contributed by atoms with van der Waals surface area (Å²) in [4.78, 5) is 15.4. The van der Waals surface area contributed by atoms with E-state index in [-0.39, 0.29) is 6.42 Å². The number of nitrogens with one attached hydrogen (secondary N) is 1. The maximum absolute atomic E-state index is 10.4. The van der Waals surface area contributed by atoms with E-state index in [9.17, 15) is 4.79 Å². The first-order chi connectivity index (χ1) is 6.75. The lowest BCUT2D eigenvalue weighted by Crippen LogP contribution is -2.01. The van der Waals surface area contributed by atoms with Gasteiger partial charge in [-0.25, -0.2) is 4.98 Å². The molecule has 0 aliphatic carbocycles. The molecule has 72 valence electrons. The number of carboxylic acid groups (broad SMARTS) is 1. The highest BCUT2D eigenvalue weighted by molar-refractivity contribution is 7.13. The first-order valence-electron chi connectivity index (χ1n) is 3.92. The van der Waals surface area contributed by atoms with Crippen LogP contribution >= 0.6 is 11.3 Å². The summed E-state index contributed by atoms with van der Waals surface area (Å²) >= 11 is 1.52. The summed E-state index contributed by atoms with van der Waals surface area (Å²) in [6.45, 7) is 0. The van der Waals surface area contributed by atoms with Crippen LogP contribution in [0.3, 0.4) is 0 Å². The van der Waals surface area contributed by atoms with Crippen LogP contribution in [0.15, 0.2) is 17.5 Å². The Labute approximate surface area is 83.4 Å². The van der Waals surface area contributed by atoms with Gasteiger partial charge in [0.05, 0.1) is 4.88 Å². The highest BCUT2D eigenvalue weighted by Crippen LogP contribution is 2.20. The van der Waals surface area contributed by atoms with E-state index in [1.807, 2.05) is 17.5 Å². The number of rotatable bonds is 3. The lowest BCUT2D eigenvalue weighted by molar-refractivity contribution is -0.136. The second-order valence-corrected chi connectivity index (χ2v) is 3.60. The standard InChI is InChI=1S/C8H7N3O2S/c12-7(13)4-6-9-8(11-10-6)5-2-1-3-14-5/h1-3H,4H2,(H,12,13)(H,9,10,11). The minimum atomic E-state index is -0.918. The molecule has 0 saturated carbocycles. The van der Waals surface area contributed by atoms with E-state index < -0.39 is 5.97 Å². The van der Waals surface area contributed by atoms with E-state index in [2.05, 4.69) is 15.2 Å². The average molecular weight is 209 g/mol. The molecule has 0 aliphatic heterocycles. The van der Waals surface area contributed by atoms with Crippen LogP contribution in [-0.2, 0) is 11.2 Å². The summed E-state index contributed by atoms with van der Waals surface area (Å²) in [5.74, 6) is 0.0102. The third-order valence-electron chi connectivity index (χ3n) is 1.59. The fourth-order valence-electron chi connectivity index (χ4n) is 1.03. The molecule has 2 aromatic rings. The van der Waals surface area contributed by atoms with Crippen molar-refractivity contribution in [2.75, 3.05) is 0 Å². The molecule has 0 aromatic carbocycles. The minimum Gasteiger partial charge on any atom is -0.481 e. The molecule has 0 bridgehead atoms. The number of aromatic amines is 1. The molecule has 0 fully saturated rings. The van der Waals surface area contributed by atoms with Crippen molar-refractivity contribution in [1.82, 2.24) is 15.2 Å². The van der Waals surface area contributed by atoms with Crippen molar-refractivity contribution in [3.63, 3.8) is 0 Å². The van der Waals surface area contributed by atoms with Gasteiger partial charge in [0.15, 0.2) is 5.82 Å². The number of H-pyrrole nitrogens is 1. The largest absolute Gasteiger partial charge is 0.481 e. The quantitative estimate of drug-likeness (QED) is 0.795. The van der Waals surface area contributed by atoms with Crippen LogP contribution in [-0.4, -0.2) is 26.3 Å². The van der Waals surface area contributed by atoms with Crippen molar-refractivity contribution >= 4 is 17.3 Å². The van der Waals surface area contributed by atoms with Gasteiger partial charge in [-0.15, -0.1) is 11.3 Å². The van der Waals surface area contributed by atoms with E-state index >= 15 is 0 Å². The van der Waals surface area contributed by atoms with Gasteiger partial charge in [0, 0.05) is 0 Å². The minimum absolute atomic E-state index is 0.127. The van der Waals surface area contributed by atoms with Crippen molar-refractivity contribution < 1.29 is 9.90 Å². The summed E-state index contributed by atoms with van der Waals surface area (Å²) in [7, 11) is 0. The van der Waals surface area contributed by atoms with Gasteiger partial charge in [-0.1, -0.05) is 6.07 Å². The number of hydrogen-bond donors (Lipinski definition) is 2. The normalized spacial score (nSPS) is 10.3. The molecule has 2 rings (SSSR count). The molecule has 14 heavy (non-hydrogen) atoms. The van der Waals surface area contributed by atoms with Crippen molar-refractivity contribution in [2.45, 2.75) is 6.42 Å². The molecule has 2 heterocycles. The zero-order valence-corrected chi connectivity index (χ0v) is 7.91. The molecule has 0 spiro atoms. The summed E-state index contributed by atoms with van der Waals surface area (Å²) in [6.07, 6.45) is -0.127. The first kappa shape index (κ1) is 8.89. The first-order valence-corrected chi connectivity index (χ1v) is 4.80. The topological polar surface area (TPSA) is 78.9 Å². The smallest absolute Gasteiger partial charge is 0.311 e. The Kier molecular flexibility index (Phi) is 2.28. The third-order valence-corrected chi connectivity index (χ3v) is 2.46. The molecule has 2 N–H and O–H groups in total. The number of hydrogen-bond acceptors (Lipinski definition) is 4. The van der Waals surface area contributed by atoms with Gasteiger partial charge < -0.3 is 5.11 Å². The summed E-state index contributed by atoms with van der Waals surface area (Å²) < 4.78 is 0. The molecule has 2 aromatic heterocycles. The monoisotopic (exact) mass is 209 g/mol. The average Bonchev–Trinajstić information content (AvgIpc) is 2.69. The van der Waals surface area contributed by atoms with E-state index in [4.69, 9.17) is 5.11 Å². The predicted octanol–water partition coefficient (Wildman–Crippen LogP) is 1.16. The fraction of sp³-hybridized carbons (Fsp3) is 0.125. The number of aromatic nitrogens is 3. The SMILES string of the molecule is O=C(O)Cc1nc(-c2cccs2)n[nH]1. The zero-order chi connectivity index (χ0) is 9.97. The molecule has 5 nitrogen and oxygen atoms in total. The number of aliphatic carboxylic acids is 1. The van der Waals surface area contributed by atoms with Gasteiger partial charge in [-0.2, -0.15) is 5.10 Å². The van der Waals surface area contributed by atoms with E-state index in [0.717, 1.165) is 4.88 Å². The van der Waals surface area contributed by atoms with Crippen LogP contribution in [0.5, 0.6) is 0 Å². The Morgan fingerprint density at radius 3 is 3.14 bits per heavy atom. The van der Waals surface area contributed by atoms with Crippen LogP contribution < -0.4 is 0 Å². The molecule has 0 amide bonds. The number of thiophene rings is 1. The molecule has 0 unspecified atom stereocenters. The number of nitrogens with zero attached hydrogens (tertiary/aromatic N) is 2. The maximum atomic E-state index is 10.4. The molecule has 6 heteroatoms. The lowest BCUT2D eigenvalue weighted by atomic mass is 10.4. The van der Waals surface area contributed by atoms with Gasteiger partial charge in [-0.05, 0) is 11.4 Å². The Morgan fingerprint density at radius 1 is 1.64 bits per heavy atom. The van der Waals surface area contributed by atoms with Crippen LogP contribution in [0.2, 0.25) is 0 Å². The van der Waals surface area contributed by atoms with Crippen molar-refractivity contribution in [1.29, 1.82) is 0 Å². The lowest BCUT2D eigenvalue weighted by Gasteiger charge is -1.86. The van der Waals surface area contributed by atoms with Crippen molar-refractivity contribution in [3.05, 3.63) is 23.3 Å². The zero-order valence-electron chi connectivity index (χ0n) is 7.10. The van der Waals surface area contributed by atoms with Crippen molar-refractivity contribution in [2.24, 2.45) is 0 Å². The van der Waals surface area contributed by atoms with Gasteiger partial charge in [0.2, 0.25) is 0 Å². The Balaban J connectivity index is 2.22. The fourth-order valence-corrected chi connectivity index (χ4v) is 1.69. The molecule has 0 aliphatic rings. The summed E-state index contributed by atoms with van der Waals surface area (Å²) in [5.41, 5.74) is 0. The van der Waals surface area contributed by atoms with Crippen LogP contribution in [0, 0.1) is 0 Å². The third kappa shape index (κ3) is 1.80. The van der Waals surface area contributed by atoms with Gasteiger partial charge in [0.1, 0.15) is 12.2 Å². The van der Waals surface area contributed by atoms with Crippen LogP contribution in [0.25, 0.3) is 10.7 Å². The van der Waals surface area contributed by atoms with Gasteiger partial charge >= 0.3 is 5.97 Å². The molecule has 0 saturated heterocycles. The Morgan fingerprint density at radius 2 is 2.50 bits per heavy atom. The number of carbonyl (C=O) groups is 1. The highest BCUT2D eigenvalue weighted by Gasteiger charge is 2.08. The van der Waals surface area contributed by atoms with Gasteiger partial charge in [-0.3, -0.25) is 9.89 Å². The van der Waals surface area contributed by atoms with Crippen LogP contribution in [0.1, 0.15) is 5.82 Å².